The molecule has 1 unspecified atom stereocenters. The molecule has 0 aromatic heterocycles. The first-order chi connectivity index (χ1) is 4.77. The van der Waals surface area contributed by atoms with Gasteiger partial charge in [0.15, 0.2) is 0 Å². The van der Waals surface area contributed by atoms with Crippen molar-refractivity contribution < 1.29 is 4.74 Å². The topological polar surface area (TPSA) is 12.5 Å². The van der Waals surface area contributed by atoms with E-state index in [2.05, 4.69) is 18.4 Å². The Hall–Kier alpha value is -0.340. The highest BCUT2D eigenvalue weighted by Gasteiger charge is 2.28. The van der Waals surface area contributed by atoms with E-state index < -0.39 is 0 Å². The second-order valence-electron chi connectivity index (χ2n) is 2.79. The van der Waals surface area contributed by atoms with Gasteiger partial charge in [-0.25, -0.2) is 0 Å². The minimum absolute atomic E-state index is 0.461. The van der Waals surface area contributed by atoms with Crippen LogP contribution in [0.5, 0.6) is 0 Å². The number of hydrogen-bond donors (Lipinski definition) is 0. The van der Waals surface area contributed by atoms with Gasteiger partial charge < -0.3 is 4.74 Å². The fourth-order valence-corrected chi connectivity index (χ4v) is 1.10. The lowest BCUT2D eigenvalue weighted by Gasteiger charge is -2.41. The van der Waals surface area contributed by atoms with Crippen LogP contribution in [-0.2, 0) is 4.74 Å². The Bertz CT molecular complexity index is 118. The van der Waals surface area contributed by atoms with Crippen LogP contribution in [-0.4, -0.2) is 37.2 Å². The van der Waals surface area contributed by atoms with Gasteiger partial charge in [0, 0.05) is 26.2 Å². The van der Waals surface area contributed by atoms with Gasteiger partial charge in [0.2, 0.25) is 0 Å². The number of methoxy groups -OCH3 is 1. The zero-order chi connectivity index (χ0) is 7.56. The maximum atomic E-state index is 5.14. The highest BCUT2D eigenvalue weighted by atomic mass is 16.5. The van der Waals surface area contributed by atoms with Gasteiger partial charge in [-0.1, -0.05) is 6.08 Å². The van der Waals surface area contributed by atoms with Crippen molar-refractivity contribution in [3.8, 4) is 0 Å². The van der Waals surface area contributed by atoms with Gasteiger partial charge in [-0.05, 0) is 6.92 Å². The van der Waals surface area contributed by atoms with Gasteiger partial charge in [-0.2, -0.15) is 0 Å². The van der Waals surface area contributed by atoms with Crippen LogP contribution in [0.2, 0.25) is 0 Å². The molecule has 2 heteroatoms. The first kappa shape index (κ1) is 7.76. The van der Waals surface area contributed by atoms with Crippen LogP contribution in [0.25, 0.3) is 0 Å². The molecular formula is C8H15NO. The number of rotatable bonds is 3. The molecule has 1 aliphatic rings. The van der Waals surface area contributed by atoms with Crippen LogP contribution in [0.3, 0.4) is 0 Å². The van der Waals surface area contributed by atoms with Crippen molar-refractivity contribution in [2.45, 2.75) is 19.1 Å². The van der Waals surface area contributed by atoms with Gasteiger partial charge in [0.25, 0.3) is 0 Å². The first-order valence-corrected chi connectivity index (χ1v) is 3.67. The highest BCUT2D eigenvalue weighted by molar-refractivity contribution is 4.92. The fourth-order valence-electron chi connectivity index (χ4n) is 1.10. The lowest BCUT2D eigenvalue weighted by atomic mass is 10.1. The predicted octanol–water partition coefficient (Wildman–Crippen LogP) is 0.891. The first-order valence-electron chi connectivity index (χ1n) is 3.67. The molecule has 1 heterocycles. The summed E-state index contributed by atoms with van der Waals surface area (Å²) in [5.41, 5.74) is 0. The molecule has 1 rings (SSSR count). The van der Waals surface area contributed by atoms with Gasteiger partial charge in [0.1, 0.15) is 0 Å². The molecule has 0 spiro atoms. The Morgan fingerprint density at radius 2 is 2.30 bits per heavy atom. The minimum atomic E-state index is 0.461. The third kappa shape index (κ3) is 1.39. The second-order valence-corrected chi connectivity index (χ2v) is 2.79. The molecule has 0 aromatic carbocycles. The van der Waals surface area contributed by atoms with Crippen LogP contribution in [0.15, 0.2) is 12.7 Å². The van der Waals surface area contributed by atoms with Crippen molar-refractivity contribution in [1.82, 2.24) is 4.90 Å². The van der Waals surface area contributed by atoms with Crippen LogP contribution >= 0.6 is 0 Å². The summed E-state index contributed by atoms with van der Waals surface area (Å²) >= 11 is 0. The van der Waals surface area contributed by atoms with Crippen molar-refractivity contribution in [3.05, 3.63) is 12.7 Å². The van der Waals surface area contributed by atoms with E-state index in [0.717, 1.165) is 13.1 Å². The van der Waals surface area contributed by atoms with Gasteiger partial charge >= 0.3 is 0 Å². The molecule has 0 radical (unpaired) electrons. The molecule has 0 aliphatic carbocycles. The molecule has 1 fully saturated rings. The van der Waals surface area contributed by atoms with E-state index in [-0.39, 0.29) is 0 Å². The molecule has 0 amide bonds. The summed E-state index contributed by atoms with van der Waals surface area (Å²) in [6.45, 7) is 8.00. The summed E-state index contributed by atoms with van der Waals surface area (Å²) in [4.78, 5) is 2.33. The number of likely N-dealkylation sites (tertiary alicyclic amines) is 1. The molecule has 10 heavy (non-hydrogen) atoms. The largest absolute Gasteiger partial charge is 0.379 e. The number of ether oxygens (including phenoxy) is 1. The van der Waals surface area contributed by atoms with Gasteiger partial charge in [-0.15, -0.1) is 6.58 Å². The van der Waals surface area contributed by atoms with Crippen molar-refractivity contribution in [1.29, 1.82) is 0 Å². The summed E-state index contributed by atoms with van der Waals surface area (Å²) in [5, 5.41) is 0. The average Bonchev–Trinajstić information content (AvgIpc) is 1.85. The van der Waals surface area contributed by atoms with E-state index in [4.69, 9.17) is 4.74 Å². The number of hydrogen-bond acceptors (Lipinski definition) is 2. The minimum Gasteiger partial charge on any atom is -0.379 e. The van der Waals surface area contributed by atoms with Crippen molar-refractivity contribution >= 4 is 0 Å². The van der Waals surface area contributed by atoms with E-state index in [1.54, 1.807) is 7.11 Å². The Labute approximate surface area is 62.5 Å². The maximum Gasteiger partial charge on any atom is 0.0825 e. The van der Waals surface area contributed by atoms with E-state index in [1.165, 1.54) is 0 Å². The fraction of sp³-hybridized carbons (Fsp3) is 0.750. The summed E-state index contributed by atoms with van der Waals surface area (Å²) in [6, 6.07) is 0.506. The zero-order valence-electron chi connectivity index (χ0n) is 6.71. The van der Waals surface area contributed by atoms with Crippen molar-refractivity contribution in [2.24, 2.45) is 0 Å². The molecule has 0 N–H and O–H groups in total. The van der Waals surface area contributed by atoms with E-state index in [1.807, 2.05) is 6.08 Å². The quantitative estimate of drug-likeness (QED) is 0.541. The van der Waals surface area contributed by atoms with Crippen LogP contribution in [0, 0.1) is 0 Å². The van der Waals surface area contributed by atoms with Crippen LogP contribution in [0.4, 0.5) is 0 Å². The van der Waals surface area contributed by atoms with E-state index in [9.17, 15) is 0 Å². The maximum absolute atomic E-state index is 5.14. The normalized spacial score (nSPS) is 23.8. The van der Waals surface area contributed by atoms with Crippen molar-refractivity contribution in [2.75, 3.05) is 20.2 Å². The monoisotopic (exact) mass is 141 g/mol. The van der Waals surface area contributed by atoms with Gasteiger partial charge in [-0.3, -0.25) is 4.90 Å². The molecule has 0 bridgehead atoms. The van der Waals surface area contributed by atoms with Crippen LogP contribution < -0.4 is 0 Å². The molecule has 0 aromatic rings. The van der Waals surface area contributed by atoms with Gasteiger partial charge in [0.05, 0.1) is 6.10 Å². The standard InChI is InChI=1S/C8H15NO/c1-4-7(2)9-5-8(6-9)10-3/h4,7-8H,1,5-6H2,2-3H3. The molecule has 1 aliphatic heterocycles. The molecule has 2 nitrogen and oxygen atoms in total. The summed E-state index contributed by atoms with van der Waals surface area (Å²) in [5.74, 6) is 0. The Balaban J connectivity index is 2.19. The summed E-state index contributed by atoms with van der Waals surface area (Å²) in [6.07, 6.45) is 2.42. The Morgan fingerprint density at radius 1 is 1.70 bits per heavy atom. The SMILES string of the molecule is C=CC(C)N1CC(OC)C1. The summed E-state index contributed by atoms with van der Waals surface area (Å²) < 4.78 is 5.14. The van der Waals surface area contributed by atoms with E-state index >= 15 is 0 Å². The third-order valence-corrected chi connectivity index (χ3v) is 2.13. The molecular weight excluding hydrogens is 126 g/mol. The molecule has 1 atom stereocenters. The predicted molar refractivity (Wildman–Crippen MR) is 42.0 cm³/mol. The highest BCUT2D eigenvalue weighted by Crippen LogP contribution is 2.14. The molecule has 58 valence electrons. The number of nitrogens with zero attached hydrogens (tertiary/aromatic N) is 1. The molecule has 0 saturated carbocycles. The lowest BCUT2D eigenvalue weighted by molar-refractivity contribution is -0.0388. The molecule has 1 saturated heterocycles. The third-order valence-electron chi connectivity index (χ3n) is 2.13. The average molecular weight is 141 g/mol. The lowest BCUT2D eigenvalue weighted by Crippen LogP contribution is -2.54. The Morgan fingerprint density at radius 3 is 2.70 bits per heavy atom. The smallest absolute Gasteiger partial charge is 0.0825 e. The van der Waals surface area contributed by atoms with Crippen LogP contribution in [0.1, 0.15) is 6.92 Å². The zero-order valence-corrected chi connectivity index (χ0v) is 6.71. The Kier molecular flexibility index (Phi) is 2.46. The summed E-state index contributed by atoms with van der Waals surface area (Å²) in [7, 11) is 1.76. The second kappa shape index (κ2) is 3.17. The van der Waals surface area contributed by atoms with Crippen molar-refractivity contribution in [3.63, 3.8) is 0 Å². The van der Waals surface area contributed by atoms with E-state index in [0.29, 0.717) is 12.1 Å².